The molecule has 1 fully saturated rings. The van der Waals surface area contributed by atoms with Crippen LogP contribution in [0.25, 0.3) is 0 Å². The number of hydrogen-bond acceptors (Lipinski definition) is 3. The van der Waals surface area contributed by atoms with Crippen LogP contribution >= 0.6 is 0 Å². The monoisotopic (exact) mass is 356 g/mol. The van der Waals surface area contributed by atoms with E-state index in [0.717, 1.165) is 5.56 Å². The van der Waals surface area contributed by atoms with Crippen LogP contribution < -0.4 is 5.32 Å². The van der Waals surface area contributed by atoms with Gasteiger partial charge in [-0.1, -0.05) is 30.3 Å². The molecule has 0 atom stereocenters. The van der Waals surface area contributed by atoms with E-state index in [1.54, 1.807) is 4.90 Å². The SMILES string of the molecule is COC(=O)C1(c2ccccc2)CCN(C(=O)Nc2ccc(F)cc2)CC1. The lowest BCUT2D eigenvalue weighted by molar-refractivity contribution is -0.149. The lowest BCUT2D eigenvalue weighted by atomic mass is 9.73. The van der Waals surface area contributed by atoms with Gasteiger partial charge in [-0.3, -0.25) is 4.79 Å². The summed E-state index contributed by atoms with van der Waals surface area (Å²) in [5.41, 5.74) is 0.706. The Morgan fingerprint density at radius 2 is 1.65 bits per heavy atom. The lowest BCUT2D eigenvalue weighted by Crippen LogP contribution is -2.50. The number of piperidine rings is 1. The van der Waals surface area contributed by atoms with Crippen molar-refractivity contribution in [3.05, 3.63) is 66.0 Å². The fourth-order valence-electron chi connectivity index (χ4n) is 3.39. The molecule has 1 aliphatic rings. The number of urea groups is 1. The smallest absolute Gasteiger partial charge is 0.321 e. The van der Waals surface area contributed by atoms with Crippen molar-refractivity contribution in [1.29, 1.82) is 0 Å². The van der Waals surface area contributed by atoms with Crippen molar-refractivity contribution in [3.8, 4) is 0 Å². The molecule has 2 amide bonds. The molecule has 26 heavy (non-hydrogen) atoms. The van der Waals surface area contributed by atoms with Crippen LogP contribution in [0.3, 0.4) is 0 Å². The van der Waals surface area contributed by atoms with E-state index in [1.165, 1.54) is 31.4 Å². The molecule has 5 nitrogen and oxygen atoms in total. The average molecular weight is 356 g/mol. The maximum Gasteiger partial charge on any atom is 0.321 e. The number of rotatable bonds is 3. The van der Waals surface area contributed by atoms with Crippen molar-refractivity contribution in [2.75, 3.05) is 25.5 Å². The van der Waals surface area contributed by atoms with Crippen molar-refractivity contribution in [2.45, 2.75) is 18.3 Å². The first-order valence-corrected chi connectivity index (χ1v) is 8.50. The van der Waals surface area contributed by atoms with Crippen LogP contribution in [0.5, 0.6) is 0 Å². The van der Waals surface area contributed by atoms with Crippen LogP contribution in [-0.4, -0.2) is 37.1 Å². The van der Waals surface area contributed by atoms with E-state index >= 15 is 0 Å². The summed E-state index contributed by atoms with van der Waals surface area (Å²) >= 11 is 0. The number of carbonyl (C=O) groups excluding carboxylic acids is 2. The minimum Gasteiger partial charge on any atom is -0.468 e. The third-order valence-electron chi connectivity index (χ3n) is 4.90. The van der Waals surface area contributed by atoms with Gasteiger partial charge in [0.25, 0.3) is 0 Å². The van der Waals surface area contributed by atoms with Gasteiger partial charge in [0.1, 0.15) is 5.82 Å². The fraction of sp³-hybridized carbons (Fsp3) is 0.300. The number of esters is 1. The Bertz CT molecular complexity index is 769. The summed E-state index contributed by atoms with van der Waals surface area (Å²) in [5.74, 6) is -0.631. The maximum absolute atomic E-state index is 13.0. The molecule has 6 heteroatoms. The highest BCUT2D eigenvalue weighted by molar-refractivity contribution is 5.90. The zero-order chi connectivity index (χ0) is 18.6. The highest BCUT2D eigenvalue weighted by Crippen LogP contribution is 2.36. The Hall–Kier alpha value is -2.89. The minimum absolute atomic E-state index is 0.261. The number of carbonyl (C=O) groups is 2. The summed E-state index contributed by atoms with van der Waals surface area (Å²) in [6, 6.07) is 14.9. The van der Waals surface area contributed by atoms with Crippen molar-refractivity contribution in [1.82, 2.24) is 4.90 Å². The number of ether oxygens (including phenoxy) is 1. The number of hydrogen-bond donors (Lipinski definition) is 1. The van der Waals surface area contributed by atoms with E-state index < -0.39 is 5.41 Å². The van der Waals surface area contributed by atoms with Crippen LogP contribution in [0, 0.1) is 5.82 Å². The summed E-state index contributed by atoms with van der Waals surface area (Å²) in [7, 11) is 1.39. The maximum atomic E-state index is 13.0. The van der Waals surface area contributed by atoms with Gasteiger partial charge in [0, 0.05) is 18.8 Å². The largest absolute Gasteiger partial charge is 0.468 e. The molecule has 136 valence electrons. The van der Waals surface area contributed by atoms with Crippen LogP contribution in [0.15, 0.2) is 54.6 Å². The molecule has 0 unspecified atom stereocenters. The Balaban J connectivity index is 1.70. The number of likely N-dealkylation sites (tertiary alicyclic amines) is 1. The van der Waals surface area contributed by atoms with Gasteiger partial charge < -0.3 is 15.0 Å². The first-order chi connectivity index (χ1) is 12.5. The van der Waals surface area contributed by atoms with Crippen LogP contribution in [-0.2, 0) is 14.9 Å². The molecular formula is C20H21FN2O3. The predicted molar refractivity (Wildman–Crippen MR) is 96.4 cm³/mol. The van der Waals surface area contributed by atoms with E-state index in [9.17, 15) is 14.0 Å². The van der Waals surface area contributed by atoms with E-state index in [-0.39, 0.29) is 17.8 Å². The zero-order valence-corrected chi connectivity index (χ0v) is 14.6. The standard InChI is InChI=1S/C20H21FN2O3/c1-26-18(24)20(15-5-3-2-4-6-15)11-13-23(14-12-20)19(25)22-17-9-7-16(21)8-10-17/h2-10H,11-14H2,1H3,(H,22,25). The number of benzene rings is 2. The number of nitrogens with one attached hydrogen (secondary N) is 1. The molecule has 1 heterocycles. The quantitative estimate of drug-likeness (QED) is 0.856. The molecule has 2 aromatic carbocycles. The van der Waals surface area contributed by atoms with Crippen molar-refractivity contribution >= 4 is 17.7 Å². The van der Waals surface area contributed by atoms with Gasteiger partial charge in [-0.15, -0.1) is 0 Å². The molecule has 0 saturated carbocycles. The second-order valence-electron chi connectivity index (χ2n) is 6.36. The number of methoxy groups -OCH3 is 1. The van der Waals surface area contributed by atoms with Crippen molar-refractivity contribution in [3.63, 3.8) is 0 Å². The second kappa shape index (κ2) is 7.56. The highest BCUT2D eigenvalue weighted by Gasteiger charge is 2.44. The van der Waals surface area contributed by atoms with E-state index in [2.05, 4.69) is 5.32 Å². The third kappa shape index (κ3) is 3.54. The highest BCUT2D eigenvalue weighted by atomic mass is 19.1. The Kier molecular flexibility index (Phi) is 5.21. The average Bonchev–Trinajstić information content (AvgIpc) is 2.69. The fourth-order valence-corrected chi connectivity index (χ4v) is 3.39. The molecule has 2 aromatic rings. The van der Waals surface area contributed by atoms with Gasteiger partial charge in [0.2, 0.25) is 0 Å². The Labute approximate surface area is 151 Å². The van der Waals surface area contributed by atoms with Crippen molar-refractivity contribution in [2.24, 2.45) is 0 Å². The van der Waals surface area contributed by atoms with Gasteiger partial charge in [-0.05, 0) is 42.7 Å². The van der Waals surface area contributed by atoms with Gasteiger partial charge in [0.15, 0.2) is 0 Å². The molecule has 1 saturated heterocycles. The summed E-state index contributed by atoms with van der Waals surface area (Å²) in [4.78, 5) is 26.6. The van der Waals surface area contributed by atoms with Crippen LogP contribution in [0.2, 0.25) is 0 Å². The number of amides is 2. The van der Waals surface area contributed by atoms with Gasteiger partial charge >= 0.3 is 12.0 Å². The predicted octanol–water partition coefficient (Wildman–Crippen LogP) is 3.56. The molecule has 0 aliphatic carbocycles. The number of anilines is 1. The van der Waals surface area contributed by atoms with E-state index in [1.807, 2.05) is 30.3 Å². The summed E-state index contributed by atoms with van der Waals surface area (Å²) in [6.07, 6.45) is 0.973. The summed E-state index contributed by atoms with van der Waals surface area (Å²) < 4.78 is 18.0. The molecule has 0 aromatic heterocycles. The molecular weight excluding hydrogens is 335 g/mol. The van der Waals surface area contributed by atoms with Crippen molar-refractivity contribution < 1.29 is 18.7 Å². The molecule has 3 rings (SSSR count). The molecule has 0 bridgehead atoms. The molecule has 1 aliphatic heterocycles. The molecule has 0 spiro atoms. The topological polar surface area (TPSA) is 58.6 Å². The number of halogens is 1. The molecule has 1 N–H and O–H groups in total. The minimum atomic E-state index is -0.733. The number of nitrogens with zero attached hydrogens (tertiary/aromatic N) is 1. The first kappa shape index (κ1) is 17.9. The van der Waals surface area contributed by atoms with Gasteiger partial charge in [0.05, 0.1) is 12.5 Å². The Morgan fingerprint density at radius 3 is 2.23 bits per heavy atom. The third-order valence-corrected chi connectivity index (χ3v) is 4.90. The molecule has 0 radical (unpaired) electrons. The van der Waals surface area contributed by atoms with Gasteiger partial charge in [-0.2, -0.15) is 0 Å². The zero-order valence-electron chi connectivity index (χ0n) is 14.6. The Morgan fingerprint density at radius 1 is 1.04 bits per heavy atom. The first-order valence-electron chi connectivity index (χ1n) is 8.50. The summed E-state index contributed by atoms with van der Waals surface area (Å²) in [5, 5.41) is 2.75. The lowest BCUT2D eigenvalue weighted by Gasteiger charge is -2.40. The van der Waals surface area contributed by atoms with Gasteiger partial charge in [-0.25, -0.2) is 9.18 Å². The normalized spacial score (nSPS) is 16.0. The van der Waals surface area contributed by atoms with E-state index in [4.69, 9.17) is 4.74 Å². The van der Waals surface area contributed by atoms with Crippen LogP contribution in [0.4, 0.5) is 14.9 Å². The summed E-state index contributed by atoms with van der Waals surface area (Å²) in [6.45, 7) is 0.855. The van der Waals surface area contributed by atoms with E-state index in [0.29, 0.717) is 31.6 Å². The second-order valence-corrected chi connectivity index (χ2v) is 6.36. The van der Waals surface area contributed by atoms with Crippen LogP contribution in [0.1, 0.15) is 18.4 Å².